The molecular formula is C16H29N3O2. The summed E-state index contributed by atoms with van der Waals surface area (Å²) < 4.78 is 11.3. The average molecular weight is 295 g/mol. The van der Waals surface area contributed by atoms with Gasteiger partial charge in [0.15, 0.2) is 0 Å². The van der Waals surface area contributed by atoms with Gasteiger partial charge in [-0.1, -0.05) is 38.3 Å². The maximum Gasteiger partial charge on any atom is 0.228 e. The van der Waals surface area contributed by atoms with Gasteiger partial charge in [-0.3, -0.25) is 0 Å². The molecule has 0 bridgehead atoms. The molecule has 0 aliphatic heterocycles. The van der Waals surface area contributed by atoms with Crippen molar-refractivity contribution < 1.29 is 9.26 Å². The van der Waals surface area contributed by atoms with Crippen molar-refractivity contribution >= 4 is 0 Å². The highest BCUT2D eigenvalue weighted by Gasteiger charge is 2.29. The maximum absolute atomic E-state index is 6.08. The Morgan fingerprint density at radius 1 is 1.29 bits per heavy atom. The van der Waals surface area contributed by atoms with Gasteiger partial charge in [0.25, 0.3) is 0 Å². The predicted octanol–water partition coefficient (Wildman–Crippen LogP) is 3.25. The molecule has 2 rings (SSSR count). The van der Waals surface area contributed by atoms with E-state index in [2.05, 4.69) is 24.0 Å². The maximum atomic E-state index is 6.08. The van der Waals surface area contributed by atoms with E-state index in [1.165, 1.54) is 32.1 Å². The summed E-state index contributed by atoms with van der Waals surface area (Å²) in [4.78, 5) is 4.54. The Morgan fingerprint density at radius 3 is 2.62 bits per heavy atom. The standard InChI is InChI=1S/C16H29N3O2/c1-4-20-15(12-8-6-5-7-9-12)16-18-14(21-19-16)10-13(17)11(2)3/h11-13,15H,4-10,17H2,1-3H3. The fraction of sp³-hybridized carbons (Fsp3) is 0.875. The van der Waals surface area contributed by atoms with E-state index in [1.54, 1.807) is 0 Å². The molecule has 2 unspecified atom stereocenters. The summed E-state index contributed by atoms with van der Waals surface area (Å²) in [5, 5.41) is 4.16. The topological polar surface area (TPSA) is 74.2 Å². The van der Waals surface area contributed by atoms with Crippen LogP contribution in [-0.2, 0) is 11.2 Å². The lowest BCUT2D eigenvalue weighted by atomic mass is 9.85. The molecule has 1 aliphatic carbocycles. The fourth-order valence-electron chi connectivity index (χ4n) is 2.94. The Labute approximate surface area is 127 Å². The third kappa shape index (κ3) is 4.51. The first-order chi connectivity index (χ1) is 10.1. The number of nitrogens with two attached hydrogens (primary N) is 1. The molecule has 5 heteroatoms. The fourth-order valence-corrected chi connectivity index (χ4v) is 2.94. The zero-order valence-corrected chi connectivity index (χ0v) is 13.5. The lowest BCUT2D eigenvalue weighted by Gasteiger charge is -2.27. The second-order valence-electron chi connectivity index (χ2n) is 6.43. The third-order valence-corrected chi connectivity index (χ3v) is 4.43. The molecule has 2 N–H and O–H groups in total. The van der Waals surface area contributed by atoms with Crippen molar-refractivity contribution in [2.45, 2.75) is 71.4 Å². The van der Waals surface area contributed by atoms with Crippen LogP contribution in [0.15, 0.2) is 4.52 Å². The lowest BCUT2D eigenvalue weighted by Crippen LogP contribution is -2.28. The molecule has 1 aliphatic rings. The minimum atomic E-state index is -0.0249. The number of ether oxygens (including phenoxy) is 1. The first-order valence-corrected chi connectivity index (χ1v) is 8.31. The van der Waals surface area contributed by atoms with Crippen LogP contribution in [0.3, 0.4) is 0 Å². The normalized spacial score (nSPS) is 19.9. The molecule has 1 fully saturated rings. The van der Waals surface area contributed by atoms with Gasteiger partial charge in [0.05, 0.1) is 0 Å². The number of rotatable bonds is 7. The van der Waals surface area contributed by atoms with Gasteiger partial charge < -0.3 is 15.0 Å². The van der Waals surface area contributed by atoms with Gasteiger partial charge in [-0.15, -0.1) is 0 Å². The minimum Gasteiger partial charge on any atom is -0.370 e. The predicted molar refractivity (Wildman–Crippen MR) is 81.8 cm³/mol. The van der Waals surface area contributed by atoms with Crippen molar-refractivity contribution in [2.24, 2.45) is 17.6 Å². The molecule has 1 aromatic heterocycles. The van der Waals surface area contributed by atoms with Gasteiger partial charge >= 0.3 is 0 Å². The lowest BCUT2D eigenvalue weighted by molar-refractivity contribution is -0.00145. The molecule has 120 valence electrons. The highest BCUT2D eigenvalue weighted by molar-refractivity contribution is 4.96. The zero-order valence-electron chi connectivity index (χ0n) is 13.5. The molecule has 5 nitrogen and oxygen atoms in total. The summed E-state index contributed by atoms with van der Waals surface area (Å²) in [5.41, 5.74) is 6.08. The summed E-state index contributed by atoms with van der Waals surface area (Å²) in [6.07, 6.45) is 6.88. The SMILES string of the molecule is CCOC(c1noc(CC(N)C(C)C)n1)C1CCCCC1. The Bertz CT molecular complexity index is 413. The van der Waals surface area contributed by atoms with Gasteiger partial charge in [-0.25, -0.2) is 0 Å². The Balaban J connectivity index is 2.04. The van der Waals surface area contributed by atoms with Crippen LogP contribution in [0.4, 0.5) is 0 Å². The summed E-state index contributed by atoms with van der Waals surface area (Å²) in [6, 6.07) is 0.0542. The number of aromatic nitrogens is 2. The van der Waals surface area contributed by atoms with Crippen molar-refractivity contribution in [3.63, 3.8) is 0 Å². The largest absolute Gasteiger partial charge is 0.370 e. The second-order valence-corrected chi connectivity index (χ2v) is 6.43. The number of hydrogen-bond acceptors (Lipinski definition) is 5. The monoisotopic (exact) mass is 295 g/mol. The molecule has 0 aromatic carbocycles. The first kappa shape index (κ1) is 16.4. The van der Waals surface area contributed by atoms with Crippen LogP contribution in [0.5, 0.6) is 0 Å². The van der Waals surface area contributed by atoms with Crippen molar-refractivity contribution in [1.29, 1.82) is 0 Å². The Hall–Kier alpha value is -0.940. The van der Waals surface area contributed by atoms with Crippen LogP contribution in [0.1, 0.15) is 70.7 Å². The zero-order chi connectivity index (χ0) is 15.2. The highest BCUT2D eigenvalue weighted by atomic mass is 16.5. The average Bonchev–Trinajstić information content (AvgIpc) is 2.93. The molecule has 0 saturated heterocycles. The number of nitrogens with zero attached hydrogens (tertiary/aromatic N) is 2. The van der Waals surface area contributed by atoms with Crippen LogP contribution >= 0.6 is 0 Å². The summed E-state index contributed by atoms with van der Waals surface area (Å²) in [5.74, 6) is 2.26. The van der Waals surface area contributed by atoms with Crippen molar-refractivity contribution in [2.75, 3.05) is 6.61 Å². The van der Waals surface area contributed by atoms with Crippen LogP contribution in [0.2, 0.25) is 0 Å². The van der Waals surface area contributed by atoms with Gasteiger partial charge in [-0.05, 0) is 31.6 Å². The van der Waals surface area contributed by atoms with Crippen molar-refractivity contribution in [3.8, 4) is 0 Å². The quantitative estimate of drug-likeness (QED) is 0.835. The van der Waals surface area contributed by atoms with Crippen molar-refractivity contribution in [3.05, 3.63) is 11.7 Å². The number of hydrogen-bond donors (Lipinski definition) is 1. The molecule has 0 radical (unpaired) electrons. The molecule has 1 heterocycles. The minimum absolute atomic E-state index is 0.0249. The summed E-state index contributed by atoms with van der Waals surface area (Å²) >= 11 is 0. The molecule has 2 atom stereocenters. The molecule has 0 spiro atoms. The summed E-state index contributed by atoms with van der Waals surface area (Å²) in [7, 11) is 0. The molecule has 1 saturated carbocycles. The van der Waals surface area contributed by atoms with E-state index in [4.69, 9.17) is 15.0 Å². The first-order valence-electron chi connectivity index (χ1n) is 8.31. The highest BCUT2D eigenvalue weighted by Crippen LogP contribution is 2.35. The van der Waals surface area contributed by atoms with Gasteiger partial charge in [0.1, 0.15) is 6.10 Å². The van der Waals surface area contributed by atoms with E-state index in [0.29, 0.717) is 36.6 Å². The summed E-state index contributed by atoms with van der Waals surface area (Å²) in [6.45, 7) is 6.90. The molecule has 1 aromatic rings. The van der Waals surface area contributed by atoms with E-state index in [0.717, 1.165) is 0 Å². The van der Waals surface area contributed by atoms with Gasteiger partial charge in [0.2, 0.25) is 11.7 Å². The van der Waals surface area contributed by atoms with E-state index >= 15 is 0 Å². The smallest absolute Gasteiger partial charge is 0.228 e. The van der Waals surface area contributed by atoms with E-state index in [1.807, 2.05) is 6.92 Å². The van der Waals surface area contributed by atoms with Gasteiger partial charge in [0, 0.05) is 19.1 Å². The molecule has 0 amide bonds. The van der Waals surface area contributed by atoms with Crippen LogP contribution < -0.4 is 5.73 Å². The Morgan fingerprint density at radius 2 is 2.00 bits per heavy atom. The van der Waals surface area contributed by atoms with Crippen LogP contribution in [-0.4, -0.2) is 22.8 Å². The van der Waals surface area contributed by atoms with Crippen LogP contribution in [0, 0.1) is 11.8 Å². The van der Waals surface area contributed by atoms with E-state index < -0.39 is 0 Å². The van der Waals surface area contributed by atoms with Crippen LogP contribution in [0.25, 0.3) is 0 Å². The second kappa shape index (κ2) is 7.90. The third-order valence-electron chi connectivity index (χ3n) is 4.43. The molecular weight excluding hydrogens is 266 g/mol. The van der Waals surface area contributed by atoms with Crippen molar-refractivity contribution in [1.82, 2.24) is 10.1 Å². The Kier molecular flexibility index (Phi) is 6.18. The van der Waals surface area contributed by atoms with E-state index in [9.17, 15) is 0 Å². The van der Waals surface area contributed by atoms with Gasteiger partial charge in [-0.2, -0.15) is 4.98 Å². The van der Waals surface area contributed by atoms with E-state index in [-0.39, 0.29) is 12.1 Å². The molecule has 21 heavy (non-hydrogen) atoms.